The van der Waals surface area contributed by atoms with Gasteiger partial charge in [0.1, 0.15) is 5.75 Å². The van der Waals surface area contributed by atoms with E-state index < -0.39 is 16.1 Å². The first-order chi connectivity index (χ1) is 14.2. The van der Waals surface area contributed by atoms with Gasteiger partial charge in [0, 0.05) is 18.1 Å². The van der Waals surface area contributed by atoms with Crippen LogP contribution in [0, 0.1) is 13.8 Å². The minimum absolute atomic E-state index is 0.0209. The smallest absolute Gasteiger partial charge is 0.265 e. The molecule has 1 unspecified atom stereocenters. The number of nitrogens with one attached hydrogen (secondary N) is 2. The van der Waals surface area contributed by atoms with Gasteiger partial charge >= 0.3 is 0 Å². The van der Waals surface area contributed by atoms with Gasteiger partial charge in [-0.3, -0.25) is 4.79 Å². The van der Waals surface area contributed by atoms with Crippen LogP contribution in [0.25, 0.3) is 0 Å². The molecule has 0 radical (unpaired) electrons. The van der Waals surface area contributed by atoms with Gasteiger partial charge < -0.3 is 10.1 Å². The lowest BCUT2D eigenvalue weighted by Gasteiger charge is -2.16. The maximum atomic E-state index is 12.4. The van der Waals surface area contributed by atoms with E-state index in [2.05, 4.69) is 20.0 Å². The number of nitrogens with zero attached hydrogens (tertiary/aromatic N) is 2. The van der Waals surface area contributed by atoms with E-state index in [0.717, 1.165) is 11.1 Å². The van der Waals surface area contributed by atoms with Crippen molar-refractivity contribution in [3.63, 3.8) is 0 Å². The molecular weight excluding hydrogens is 404 g/mol. The number of ether oxygens (including phenoxy) is 1. The molecule has 9 heteroatoms. The summed E-state index contributed by atoms with van der Waals surface area (Å²) in [6.45, 7) is 5.55. The molecule has 0 fully saturated rings. The molecule has 30 heavy (non-hydrogen) atoms. The lowest BCUT2D eigenvalue weighted by atomic mass is 10.1. The molecule has 1 amide bonds. The van der Waals surface area contributed by atoms with Gasteiger partial charge in [-0.1, -0.05) is 17.7 Å². The van der Waals surface area contributed by atoms with Gasteiger partial charge in [-0.25, -0.2) is 23.1 Å². The fraction of sp³-hybridized carbons (Fsp3) is 0.190. The van der Waals surface area contributed by atoms with Crippen LogP contribution < -0.4 is 14.8 Å². The van der Waals surface area contributed by atoms with Gasteiger partial charge in [-0.2, -0.15) is 0 Å². The minimum atomic E-state index is -3.84. The number of aromatic nitrogens is 2. The predicted molar refractivity (Wildman–Crippen MR) is 114 cm³/mol. The third kappa shape index (κ3) is 5.32. The van der Waals surface area contributed by atoms with Gasteiger partial charge in [-0.05, 0) is 62.7 Å². The van der Waals surface area contributed by atoms with Crippen LogP contribution in [-0.2, 0) is 14.8 Å². The van der Waals surface area contributed by atoms with Crippen molar-refractivity contribution in [2.24, 2.45) is 0 Å². The fourth-order valence-electron chi connectivity index (χ4n) is 2.67. The van der Waals surface area contributed by atoms with Crippen molar-refractivity contribution in [3.8, 4) is 5.75 Å². The van der Waals surface area contributed by atoms with Gasteiger partial charge in [0.05, 0.1) is 4.90 Å². The number of aryl methyl sites for hydroxylation is 2. The zero-order valence-electron chi connectivity index (χ0n) is 16.8. The largest absolute Gasteiger partial charge is 0.481 e. The molecule has 1 aromatic heterocycles. The van der Waals surface area contributed by atoms with Gasteiger partial charge in [0.15, 0.2) is 6.10 Å². The predicted octanol–water partition coefficient (Wildman–Crippen LogP) is 3.30. The molecule has 0 spiro atoms. The first-order valence-electron chi connectivity index (χ1n) is 9.19. The highest BCUT2D eigenvalue weighted by Gasteiger charge is 2.18. The Morgan fingerprint density at radius 3 is 2.33 bits per heavy atom. The zero-order chi connectivity index (χ0) is 21.7. The second kappa shape index (κ2) is 8.91. The average Bonchev–Trinajstić information content (AvgIpc) is 2.71. The number of carbonyl (C=O) groups is 1. The highest BCUT2D eigenvalue weighted by molar-refractivity contribution is 7.92. The van der Waals surface area contributed by atoms with E-state index in [1.807, 2.05) is 32.0 Å². The van der Waals surface area contributed by atoms with E-state index in [0.29, 0.717) is 11.4 Å². The third-order valence-electron chi connectivity index (χ3n) is 4.23. The van der Waals surface area contributed by atoms with E-state index in [-0.39, 0.29) is 16.8 Å². The summed E-state index contributed by atoms with van der Waals surface area (Å²) < 4.78 is 32.8. The number of hydrogen-bond donors (Lipinski definition) is 2. The topological polar surface area (TPSA) is 110 Å². The summed E-state index contributed by atoms with van der Waals surface area (Å²) in [6.07, 6.45) is 2.14. The summed E-state index contributed by atoms with van der Waals surface area (Å²) in [5.74, 6) is 0.271. The standard InChI is InChI=1S/C21H22N4O4S/c1-14-5-10-19(15(2)13-14)29-16(3)20(26)24-17-6-8-18(9-7-17)30(27,28)25-21-22-11-4-12-23-21/h4-13,16H,1-3H3,(H,24,26)(H,22,23,25). The number of anilines is 2. The van der Waals surface area contributed by atoms with E-state index in [4.69, 9.17) is 4.74 Å². The van der Waals surface area contributed by atoms with Gasteiger partial charge in [0.25, 0.3) is 15.9 Å². The Kier molecular flexibility index (Phi) is 6.31. The van der Waals surface area contributed by atoms with E-state index in [9.17, 15) is 13.2 Å². The summed E-state index contributed by atoms with van der Waals surface area (Å²) in [6, 6.07) is 13.1. The summed E-state index contributed by atoms with van der Waals surface area (Å²) in [5.41, 5.74) is 2.51. The summed E-state index contributed by atoms with van der Waals surface area (Å²) in [4.78, 5) is 20.1. The normalized spacial score (nSPS) is 12.1. The molecule has 1 atom stereocenters. The maximum absolute atomic E-state index is 12.4. The lowest BCUT2D eigenvalue weighted by Crippen LogP contribution is -2.30. The molecule has 0 aliphatic rings. The van der Waals surface area contributed by atoms with Gasteiger partial charge in [0.2, 0.25) is 5.95 Å². The number of hydrogen-bond acceptors (Lipinski definition) is 6. The van der Waals surface area contributed by atoms with Crippen LogP contribution in [-0.4, -0.2) is 30.4 Å². The van der Waals surface area contributed by atoms with Crippen LogP contribution in [0.5, 0.6) is 5.75 Å². The SMILES string of the molecule is Cc1ccc(OC(C)C(=O)Nc2ccc(S(=O)(=O)Nc3ncccn3)cc2)c(C)c1. The Morgan fingerprint density at radius 1 is 1.03 bits per heavy atom. The first kappa shape index (κ1) is 21.3. The highest BCUT2D eigenvalue weighted by Crippen LogP contribution is 2.21. The van der Waals surface area contributed by atoms with Crippen molar-refractivity contribution in [3.05, 3.63) is 72.1 Å². The fourth-order valence-corrected chi connectivity index (χ4v) is 3.63. The van der Waals surface area contributed by atoms with Crippen molar-refractivity contribution in [2.45, 2.75) is 31.8 Å². The van der Waals surface area contributed by atoms with Crippen molar-refractivity contribution < 1.29 is 17.9 Å². The van der Waals surface area contributed by atoms with Crippen LogP contribution in [0.3, 0.4) is 0 Å². The summed E-state index contributed by atoms with van der Waals surface area (Å²) >= 11 is 0. The Balaban J connectivity index is 1.64. The molecule has 156 valence electrons. The molecule has 0 saturated carbocycles. The van der Waals surface area contributed by atoms with Crippen molar-refractivity contribution in [1.29, 1.82) is 0 Å². The summed E-state index contributed by atoms with van der Waals surface area (Å²) in [5, 5.41) is 2.72. The molecule has 3 aromatic rings. The second-order valence-electron chi connectivity index (χ2n) is 6.72. The third-order valence-corrected chi connectivity index (χ3v) is 5.57. The molecule has 0 aliphatic heterocycles. The molecule has 0 bridgehead atoms. The molecule has 2 N–H and O–H groups in total. The summed E-state index contributed by atoms with van der Waals surface area (Å²) in [7, 11) is -3.84. The molecule has 3 rings (SSSR count). The Bertz CT molecular complexity index is 1130. The van der Waals surface area contributed by atoms with Crippen molar-refractivity contribution >= 4 is 27.6 Å². The van der Waals surface area contributed by atoms with E-state index in [1.54, 1.807) is 13.0 Å². The van der Waals surface area contributed by atoms with Crippen molar-refractivity contribution in [2.75, 3.05) is 10.0 Å². The van der Waals surface area contributed by atoms with Crippen molar-refractivity contribution in [1.82, 2.24) is 9.97 Å². The highest BCUT2D eigenvalue weighted by atomic mass is 32.2. The van der Waals surface area contributed by atoms with Crippen LogP contribution in [0.4, 0.5) is 11.6 Å². The van der Waals surface area contributed by atoms with Crippen LogP contribution in [0.1, 0.15) is 18.1 Å². The minimum Gasteiger partial charge on any atom is -0.481 e. The molecular formula is C21H22N4O4S. The van der Waals surface area contributed by atoms with Crippen LogP contribution >= 0.6 is 0 Å². The Labute approximate surface area is 175 Å². The molecule has 8 nitrogen and oxygen atoms in total. The number of amides is 1. The lowest BCUT2D eigenvalue weighted by molar-refractivity contribution is -0.122. The number of carbonyl (C=O) groups excluding carboxylic acids is 1. The maximum Gasteiger partial charge on any atom is 0.265 e. The molecule has 0 aliphatic carbocycles. The monoisotopic (exact) mass is 426 g/mol. The quantitative estimate of drug-likeness (QED) is 0.600. The number of sulfonamides is 1. The molecule has 1 heterocycles. The average molecular weight is 426 g/mol. The number of benzene rings is 2. The second-order valence-corrected chi connectivity index (χ2v) is 8.40. The van der Waals surface area contributed by atoms with Gasteiger partial charge in [-0.15, -0.1) is 0 Å². The van der Waals surface area contributed by atoms with Crippen LogP contribution in [0.15, 0.2) is 65.8 Å². The van der Waals surface area contributed by atoms with Crippen LogP contribution in [0.2, 0.25) is 0 Å². The Morgan fingerprint density at radius 2 is 1.70 bits per heavy atom. The van der Waals surface area contributed by atoms with E-state index in [1.165, 1.54) is 36.7 Å². The molecule has 2 aromatic carbocycles. The van der Waals surface area contributed by atoms with E-state index >= 15 is 0 Å². The number of rotatable bonds is 7. The zero-order valence-corrected chi connectivity index (χ0v) is 17.6. The Hall–Kier alpha value is -3.46. The molecule has 0 saturated heterocycles. The first-order valence-corrected chi connectivity index (χ1v) is 10.7.